The predicted octanol–water partition coefficient (Wildman–Crippen LogP) is 1.97. The summed E-state index contributed by atoms with van der Waals surface area (Å²) >= 11 is 0. The molecule has 0 aromatic heterocycles. The Bertz CT molecular complexity index is 255. The van der Waals surface area contributed by atoms with Gasteiger partial charge in [-0.3, -0.25) is 9.69 Å². The lowest BCUT2D eigenvalue weighted by molar-refractivity contribution is -0.142. The number of amides is 1. The molecule has 0 bridgehead atoms. The summed E-state index contributed by atoms with van der Waals surface area (Å²) in [5.41, 5.74) is -0.0375. The number of rotatable bonds is 2. The van der Waals surface area contributed by atoms with Crippen molar-refractivity contribution < 1.29 is 4.79 Å². The molecule has 1 heterocycles. The van der Waals surface area contributed by atoms with Crippen LogP contribution in [0.1, 0.15) is 41.5 Å². The maximum Gasteiger partial charge on any atom is 0.237 e. The zero-order valence-electron chi connectivity index (χ0n) is 11.6. The Balaban J connectivity index is 2.62. The van der Waals surface area contributed by atoms with E-state index in [1.807, 2.05) is 4.90 Å². The molecule has 16 heavy (non-hydrogen) atoms. The van der Waals surface area contributed by atoms with Crippen LogP contribution in [0, 0.1) is 5.92 Å². The Morgan fingerprint density at radius 2 is 1.69 bits per heavy atom. The molecule has 0 aliphatic carbocycles. The monoisotopic (exact) mass is 226 g/mol. The van der Waals surface area contributed by atoms with Gasteiger partial charge in [0.25, 0.3) is 0 Å². The first-order valence-corrected chi connectivity index (χ1v) is 6.28. The average Bonchev–Trinajstić information content (AvgIpc) is 2.14. The van der Waals surface area contributed by atoms with E-state index < -0.39 is 0 Å². The maximum atomic E-state index is 12.1. The zero-order valence-corrected chi connectivity index (χ0v) is 11.6. The van der Waals surface area contributed by atoms with Crippen LogP contribution in [-0.4, -0.2) is 46.9 Å². The first-order valence-electron chi connectivity index (χ1n) is 6.28. The normalized spacial score (nSPS) is 21.7. The van der Waals surface area contributed by atoms with Crippen molar-refractivity contribution in [3.05, 3.63) is 0 Å². The van der Waals surface area contributed by atoms with Crippen molar-refractivity contribution in [3.8, 4) is 0 Å². The van der Waals surface area contributed by atoms with E-state index in [1.54, 1.807) is 0 Å². The molecule has 1 aliphatic heterocycles. The van der Waals surface area contributed by atoms with Crippen LogP contribution < -0.4 is 0 Å². The molecular formula is C13H26N2O. The second-order valence-electron chi connectivity index (χ2n) is 6.17. The lowest BCUT2D eigenvalue weighted by Crippen LogP contribution is -2.59. The highest BCUT2D eigenvalue weighted by molar-refractivity contribution is 5.79. The molecule has 3 heteroatoms. The van der Waals surface area contributed by atoms with E-state index in [0.717, 1.165) is 13.1 Å². The molecule has 1 fully saturated rings. The van der Waals surface area contributed by atoms with Gasteiger partial charge in [-0.05, 0) is 33.6 Å². The molecule has 1 rings (SSSR count). The van der Waals surface area contributed by atoms with Crippen molar-refractivity contribution in [2.24, 2.45) is 5.92 Å². The van der Waals surface area contributed by atoms with E-state index in [-0.39, 0.29) is 11.4 Å². The number of nitrogens with zero attached hydrogens (tertiary/aromatic N) is 2. The molecule has 1 atom stereocenters. The van der Waals surface area contributed by atoms with Gasteiger partial charge in [0.2, 0.25) is 5.91 Å². The fraction of sp³-hybridized carbons (Fsp3) is 0.923. The van der Waals surface area contributed by atoms with Gasteiger partial charge < -0.3 is 4.90 Å². The van der Waals surface area contributed by atoms with Crippen LogP contribution >= 0.6 is 0 Å². The van der Waals surface area contributed by atoms with Crippen molar-refractivity contribution in [3.63, 3.8) is 0 Å². The van der Waals surface area contributed by atoms with E-state index in [9.17, 15) is 4.79 Å². The summed E-state index contributed by atoms with van der Waals surface area (Å²) in [5.74, 6) is 0.875. The molecule has 0 aromatic rings. The molecule has 3 nitrogen and oxygen atoms in total. The summed E-state index contributed by atoms with van der Waals surface area (Å²) in [5, 5.41) is 0. The Labute approximate surface area is 99.8 Å². The molecular weight excluding hydrogens is 200 g/mol. The van der Waals surface area contributed by atoms with Crippen LogP contribution in [0.2, 0.25) is 0 Å². The van der Waals surface area contributed by atoms with Gasteiger partial charge in [0.05, 0.1) is 6.54 Å². The molecule has 94 valence electrons. The molecule has 1 saturated heterocycles. The van der Waals surface area contributed by atoms with Crippen LogP contribution in [0.15, 0.2) is 0 Å². The third-order valence-electron chi connectivity index (χ3n) is 3.60. The van der Waals surface area contributed by atoms with Crippen molar-refractivity contribution in [1.82, 2.24) is 9.80 Å². The minimum Gasteiger partial charge on any atom is -0.335 e. The minimum atomic E-state index is -0.0375. The fourth-order valence-corrected chi connectivity index (χ4v) is 2.17. The highest BCUT2D eigenvalue weighted by atomic mass is 16.2. The van der Waals surface area contributed by atoms with Gasteiger partial charge in [0, 0.05) is 24.7 Å². The van der Waals surface area contributed by atoms with Crippen LogP contribution in [0.25, 0.3) is 0 Å². The van der Waals surface area contributed by atoms with Gasteiger partial charge in [-0.1, -0.05) is 13.8 Å². The maximum absolute atomic E-state index is 12.1. The lowest BCUT2D eigenvalue weighted by Gasteiger charge is -2.44. The van der Waals surface area contributed by atoms with Gasteiger partial charge in [-0.15, -0.1) is 0 Å². The smallest absolute Gasteiger partial charge is 0.237 e. The summed E-state index contributed by atoms with van der Waals surface area (Å²) in [6.45, 7) is 15.4. The highest BCUT2D eigenvalue weighted by Gasteiger charge is 2.33. The Hall–Kier alpha value is -0.570. The Morgan fingerprint density at radius 1 is 1.12 bits per heavy atom. The number of hydrogen-bond donors (Lipinski definition) is 0. The molecule has 0 saturated carbocycles. The summed E-state index contributed by atoms with van der Waals surface area (Å²) < 4.78 is 0. The summed E-state index contributed by atoms with van der Waals surface area (Å²) in [6, 6.07) is 0.492. The van der Waals surface area contributed by atoms with Crippen molar-refractivity contribution in [2.75, 3.05) is 19.6 Å². The molecule has 1 unspecified atom stereocenters. The van der Waals surface area contributed by atoms with Crippen LogP contribution in [0.5, 0.6) is 0 Å². The third kappa shape index (κ3) is 2.97. The fourth-order valence-electron chi connectivity index (χ4n) is 2.17. The second kappa shape index (κ2) is 4.74. The SMILES string of the molecule is CC(C)C(C)N1CCN(C(C)(C)C)C(=O)C1. The number of carbonyl (C=O) groups excluding carboxylic acids is 1. The molecule has 0 N–H and O–H groups in total. The van der Waals surface area contributed by atoms with E-state index in [0.29, 0.717) is 18.5 Å². The Morgan fingerprint density at radius 3 is 2.06 bits per heavy atom. The van der Waals surface area contributed by atoms with Gasteiger partial charge in [-0.25, -0.2) is 0 Å². The first kappa shape index (κ1) is 13.5. The van der Waals surface area contributed by atoms with Gasteiger partial charge >= 0.3 is 0 Å². The average molecular weight is 226 g/mol. The number of piperazine rings is 1. The van der Waals surface area contributed by atoms with Crippen molar-refractivity contribution in [2.45, 2.75) is 53.1 Å². The molecule has 0 spiro atoms. The lowest BCUT2D eigenvalue weighted by atomic mass is 10.0. The quantitative estimate of drug-likeness (QED) is 0.719. The van der Waals surface area contributed by atoms with Crippen LogP contribution in [-0.2, 0) is 4.79 Å². The largest absolute Gasteiger partial charge is 0.335 e. The van der Waals surface area contributed by atoms with Crippen molar-refractivity contribution in [1.29, 1.82) is 0 Å². The van der Waals surface area contributed by atoms with Crippen LogP contribution in [0.4, 0.5) is 0 Å². The second-order valence-corrected chi connectivity index (χ2v) is 6.17. The highest BCUT2D eigenvalue weighted by Crippen LogP contribution is 2.19. The molecule has 1 amide bonds. The van der Waals surface area contributed by atoms with Crippen LogP contribution in [0.3, 0.4) is 0 Å². The molecule has 0 aromatic carbocycles. The van der Waals surface area contributed by atoms with Crippen molar-refractivity contribution >= 4 is 5.91 Å². The van der Waals surface area contributed by atoms with E-state index in [2.05, 4.69) is 46.4 Å². The van der Waals surface area contributed by atoms with Gasteiger partial charge in [0.15, 0.2) is 0 Å². The summed E-state index contributed by atoms with van der Waals surface area (Å²) in [6.07, 6.45) is 0. The molecule has 1 aliphatic rings. The van der Waals surface area contributed by atoms with E-state index in [1.165, 1.54) is 0 Å². The zero-order chi connectivity index (χ0) is 12.5. The van der Waals surface area contributed by atoms with E-state index in [4.69, 9.17) is 0 Å². The van der Waals surface area contributed by atoms with Gasteiger partial charge in [0.1, 0.15) is 0 Å². The predicted molar refractivity (Wildman–Crippen MR) is 67.3 cm³/mol. The number of hydrogen-bond acceptors (Lipinski definition) is 2. The minimum absolute atomic E-state index is 0.0375. The van der Waals surface area contributed by atoms with E-state index >= 15 is 0 Å². The Kier molecular flexibility index (Phi) is 4.00. The standard InChI is InChI=1S/C13H26N2O/c1-10(2)11(3)14-7-8-15(12(16)9-14)13(4,5)6/h10-11H,7-9H2,1-6H3. The third-order valence-corrected chi connectivity index (χ3v) is 3.60. The molecule has 0 radical (unpaired) electrons. The summed E-state index contributed by atoms with van der Waals surface area (Å²) in [4.78, 5) is 16.4. The first-order chi connectivity index (χ1) is 7.23. The topological polar surface area (TPSA) is 23.6 Å². The summed E-state index contributed by atoms with van der Waals surface area (Å²) in [7, 11) is 0. The van der Waals surface area contributed by atoms with Gasteiger partial charge in [-0.2, -0.15) is 0 Å². The number of carbonyl (C=O) groups is 1.